The molecule has 2 N–H and O–H groups in total. The van der Waals surface area contributed by atoms with Crippen molar-refractivity contribution in [2.24, 2.45) is 0 Å². The van der Waals surface area contributed by atoms with Crippen LogP contribution in [0.1, 0.15) is 44.9 Å². The molecule has 1 atom stereocenters. The third-order valence-electron chi connectivity index (χ3n) is 2.72. The second-order valence-electron chi connectivity index (χ2n) is 5.86. The Balaban J connectivity index is 2.90. The lowest BCUT2D eigenvalue weighted by atomic mass is 10.1. The van der Waals surface area contributed by atoms with Crippen molar-refractivity contribution >= 4 is 17.7 Å². The summed E-state index contributed by atoms with van der Waals surface area (Å²) in [5, 5.41) is 12.5. The number of hydrogen-bond donors (Lipinski definition) is 2. The fraction of sp³-hybridized carbons (Fsp3) is 0.500. The van der Waals surface area contributed by atoms with Crippen LogP contribution in [0.2, 0.25) is 0 Å². The van der Waals surface area contributed by atoms with Gasteiger partial charge in [0.25, 0.3) is 0 Å². The van der Waals surface area contributed by atoms with Gasteiger partial charge in [0, 0.05) is 5.69 Å². The molecule has 6 heteroatoms. The van der Waals surface area contributed by atoms with Gasteiger partial charge in [0.1, 0.15) is 5.60 Å². The minimum Gasteiger partial charge on any atom is -0.464 e. The molecule has 0 saturated carbocycles. The molecule has 122 valence electrons. The van der Waals surface area contributed by atoms with E-state index in [2.05, 4.69) is 5.32 Å². The molecule has 6 nitrogen and oxygen atoms in total. The number of aryl methyl sites for hydroxylation is 1. The highest BCUT2D eigenvalue weighted by atomic mass is 16.6. The number of nitrogens with one attached hydrogen (secondary N) is 1. The summed E-state index contributed by atoms with van der Waals surface area (Å²) < 4.78 is 9.95. The predicted octanol–water partition coefficient (Wildman–Crippen LogP) is 2.94. The maximum atomic E-state index is 11.8. The van der Waals surface area contributed by atoms with Gasteiger partial charge in [-0.2, -0.15) is 0 Å². The Kier molecular flexibility index (Phi) is 5.93. The average molecular weight is 309 g/mol. The van der Waals surface area contributed by atoms with E-state index >= 15 is 0 Å². The van der Waals surface area contributed by atoms with Crippen LogP contribution < -0.4 is 5.32 Å². The number of ether oxygens (including phenoxy) is 2. The molecule has 0 aliphatic heterocycles. The van der Waals surface area contributed by atoms with Crippen molar-refractivity contribution in [1.82, 2.24) is 0 Å². The van der Waals surface area contributed by atoms with Crippen molar-refractivity contribution < 1.29 is 24.2 Å². The molecular formula is C16H23NO5. The SMILES string of the molecule is CCOC(=O)C(O)c1ccc(C)c(NC(=O)OC(C)(C)C)c1. The van der Waals surface area contributed by atoms with Gasteiger partial charge in [0.05, 0.1) is 6.61 Å². The van der Waals surface area contributed by atoms with E-state index in [4.69, 9.17) is 9.47 Å². The standard InChI is InChI=1S/C16H23NO5/c1-6-21-14(19)13(18)11-8-7-10(2)12(9-11)17-15(20)22-16(3,4)5/h7-9,13,18H,6H2,1-5H3,(H,17,20). The number of benzene rings is 1. The summed E-state index contributed by atoms with van der Waals surface area (Å²) >= 11 is 0. The second kappa shape index (κ2) is 7.26. The lowest BCUT2D eigenvalue weighted by Crippen LogP contribution is -2.27. The third-order valence-corrected chi connectivity index (χ3v) is 2.72. The van der Waals surface area contributed by atoms with Gasteiger partial charge < -0.3 is 14.6 Å². The fourth-order valence-corrected chi connectivity index (χ4v) is 1.72. The zero-order valence-corrected chi connectivity index (χ0v) is 13.6. The number of carbonyl (C=O) groups is 2. The molecule has 1 aromatic carbocycles. The van der Waals surface area contributed by atoms with Gasteiger partial charge >= 0.3 is 12.1 Å². The van der Waals surface area contributed by atoms with E-state index in [-0.39, 0.29) is 6.61 Å². The summed E-state index contributed by atoms with van der Waals surface area (Å²) in [6, 6.07) is 4.84. The van der Waals surface area contributed by atoms with Crippen LogP contribution >= 0.6 is 0 Å². The Bertz CT molecular complexity index is 548. The molecule has 1 aromatic rings. The van der Waals surface area contributed by atoms with Crippen molar-refractivity contribution in [1.29, 1.82) is 0 Å². The Hall–Kier alpha value is -2.08. The molecule has 0 radical (unpaired) electrons. The third kappa shape index (κ3) is 5.37. The van der Waals surface area contributed by atoms with Crippen molar-refractivity contribution in [3.63, 3.8) is 0 Å². The van der Waals surface area contributed by atoms with Crippen LogP contribution in [0.5, 0.6) is 0 Å². The maximum absolute atomic E-state index is 11.8. The quantitative estimate of drug-likeness (QED) is 0.835. The van der Waals surface area contributed by atoms with Crippen LogP contribution in [0.3, 0.4) is 0 Å². The monoisotopic (exact) mass is 309 g/mol. The molecule has 0 aliphatic rings. The molecule has 0 bridgehead atoms. The van der Waals surface area contributed by atoms with E-state index in [9.17, 15) is 14.7 Å². The molecule has 0 heterocycles. The molecule has 0 fully saturated rings. The Labute approximate surface area is 130 Å². The number of esters is 1. The van der Waals surface area contributed by atoms with Crippen molar-refractivity contribution in [3.05, 3.63) is 29.3 Å². The van der Waals surface area contributed by atoms with E-state index in [0.29, 0.717) is 11.3 Å². The Morgan fingerprint density at radius 1 is 1.32 bits per heavy atom. The summed E-state index contributed by atoms with van der Waals surface area (Å²) in [5.41, 5.74) is 0.982. The Morgan fingerprint density at radius 2 is 1.95 bits per heavy atom. The molecule has 0 aliphatic carbocycles. The number of anilines is 1. The minimum absolute atomic E-state index is 0.185. The number of rotatable bonds is 4. The number of hydrogen-bond acceptors (Lipinski definition) is 5. The molecule has 1 amide bonds. The summed E-state index contributed by atoms with van der Waals surface area (Å²) in [6.45, 7) is 8.94. The number of aliphatic hydroxyl groups excluding tert-OH is 1. The highest BCUT2D eigenvalue weighted by Gasteiger charge is 2.21. The van der Waals surface area contributed by atoms with Crippen molar-refractivity contribution in [2.75, 3.05) is 11.9 Å². The summed E-state index contributed by atoms with van der Waals surface area (Å²) in [4.78, 5) is 23.4. The number of aliphatic hydroxyl groups is 1. The summed E-state index contributed by atoms with van der Waals surface area (Å²) in [6.07, 6.45) is -1.99. The van der Waals surface area contributed by atoms with Gasteiger partial charge in [-0.05, 0) is 51.8 Å². The van der Waals surface area contributed by atoms with E-state index in [1.54, 1.807) is 46.8 Å². The summed E-state index contributed by atoms with van der Waals surface area (Å²) in [7, 11) is 0. The second-order valence-corrected chi connectivity index (χ2v) is 5.86. The highest BCUT2D eigenvalue weighted by Crippen LogP contribution is 2.23. The van der Waals surface area contributed by atoms with Crippen LogP contribution in [-0.2, 0) is 14.3 Å². The van der Waals surface area contributed by atoms with Gasteiger partial charge in [0.2, 0.25) is 0 Å². The van der Waals surface area contributed by atoms with Crippen LogP contribution in [0.4, 0.5) is 10.5 Å². The van der Waals surface area contributed by atoms with E-state index in [1.165, 1.54) is 6.07 Å². The molecule has 0 spiro atoms. The van der Waals surface area contributed by atoms with Crippen LogP contribution in [0.25, 0.3) is 0 Å². The van der Waals surface area contributed by atoms with Crippen LogP contribution in [0, 0.1) is 6.92 Å². The largest absolute Gasteiger partial charge is 0.464 e. The average Bonchev–Trinajstić information content (AvgIpc) is 2.38. The first kappa shape index (κ1) is 18.0. The van der Waals surface area contributed by atoms with E-state index < -0.39 is 23.8 Å². The molecule has 0 saturated heterocycles. The van der Waals surface area contributed by atoms with Gasteiger partial charge in [0.15, 0.2) is 6.10 Å². The minimum atomic E-state index is -1.39. The predicted molar refractivity (Wildman–Crippen MR) is 82.6 cm³/mol. The number of amides is 1. The molecular weight excluding hydrogens is 286 g/mol. The maximum Gasteiger partial charge on any atom is 0.412 e. The van der Waals surface area contributed by atoms with Gasteiger partial charge in [-0.15, -0.1) is 0 Å². The first-order valence-electron chi connectivity index (χ1n) is 7.09. The fourth-order valence-electron chi connectivity index (χ4n) is 1.72. The molecule has 0 aromatic heterocycles. The molecule has 22 heavy (non-hydrogen) atoms. The van der Waals surface area contributed by atoms with E-state index in [1.807, 2.05) is 0 Å². The lowest BCUT2D eigenvalue weighted by molar-refractivity contribution is -0.153. The molecule has 1 rings (SSSR count). The topological polar surface area (TPSA) is 84.9 Å². The van der Waals surface area contributed by atoms with Gasteiger partial charge in [-0.3, -0.25) is 5.32 Å². The first-order chi connectivity index (χ1) is 10.1. The van der Waals surface area contributed by atoms with Crippen LogP contribution in [-0.4, -0.2) is 29.4 Å². The van der Waals surface area contributed by atoms with E-state index in [0.717, 1.165) is 5.56 Å². The highest BCUT2D eigenvalue weighted by molar-refractivity contribution is 5.86. The first-order valence-corrected chi connectivity index (χ1v) is 7.09. The smallest absolute Gasteiger partial charge is 0.412 e. The van der Waals surface area contributed by atoms with Crippen molar-refractivity contribution in [3.8, 4) is 0 Å². The number of carbonyl (C=O) groups excluding carboxylic acids is 2. The zero-order chi connectivity index (χ0) is 16.9. The normalized spacial score (nSPS) is 12.5. The van der Waals surface area contributed by atoms with Crippen molar-refractivity contribution in [2.45, 2.75) is 46.3 Å². The van der Waals surface area contributed by atoms with Gasteiger partial charge in [-0.1, -0.05) is 12.1 Å². The molecule has 1 unspecified atom stereocenters. The Morgan fingerprint density at radius 3 is 2.50 bits per heavy atom. The summed E-state index contributed by atoms with van der Waals surface area (Å²) in [5.74, 6) is -0.727. The van der Waals surface area contributed by atoms with Crippen LogP contribution in [0.15, 0.2) is 18.2 Å². The van der Waals surface area contributed by atoms with Gasteiger partial charge in [-0.25, -0.2) is 9.59 Å². The zero-order valence-electron chi connectivity index (χ0n) is 13.6. The lowest BCUT2D eigenvalue weighted by Gasteiger charge is -2.20.